The summed E-state index contributed by atoms with van der Waals surface area (Å²) in [5, 5.41) is 14.4. The van der Waals surface area contributed by atoms with E-state index < -0.39 is 12.8 Å². The van der Waals surface area contributed by atoms with Gasteiger partial charge in [-0.1, -0.05) is 24.3 Å². The molecule has 8 heteroatoms. The van der Waals surface area contributed by atoms with Crippen molar-refractivity contribution in [1.82, 2.24) is 10.6 Å². The fourth-order valence-corrected chi connectivity index (χ4v) is 2.33. The van der Waals surface area contributed by atoms with Crippen LogP contribution in [0.3, 0.4) is 0 Å². The standard InChI is InChI=1S/C16H19F3N2O3/c17-16(18,19)10-24-14-3-1-2-11(7-14)8-20-15(23)21-13-5-4-12(6-13)9-22/h1-5,7,12-13,22H,6,8-10H2,(H2,20,21,23)/t12-,13+/m0/s1. The van der Waals surface area contributed by atoms with Gasteiger partial charge in [0, 0.05) is 25.1 Å². The van der Waals surface area contributed by atoms with Gasteiger partial charge in [-0.25, -0.2) is 4.79 Å². The Morgan fingerprint density at radius 2 is 2.12 bits per heavy atom. The average Bonchev–Trinajstić information content (AvgIpc) is 2.98. The molecule has 2 amide bonds. The van der Waals surface area contributed by atoms with Crippen LogP contribution in [0.5, 0.6) is 5.75 Å². The van der Waals surface area contributed by atoms with E-state index in [1.54, 1.807) is 12.1 Å². The summed E-state index contributed by atoms with van der Waals surface area (Å²) in [6.45, 7) is -1.15. The number of carbonyl (C=O) groups is 1. The van der Waals surface area contributed by atoms with E-state index in [2.05, 4.69) is 15.4 Å². The largest absolute Gasteiger partial charge is 0.484 e. The third kappa shape index (κ3) is 6.11. The highest BCUT2D eigenvalue weighted by atomic mass is 19.4. The van der Waals surface area contributed by atoms with E-state index in [9.17, 15) is 18.0 Å². The summed E-state index contributed by atoms with van der Waals surface area (Å²) in [7, 11) is 0. The number of urea groups is 1. The number of aliphatic hydroxyl groups excluding tert-OH is 1. The number of amides is 2. The van der Waals surface area contributed by atoms with Gasteiger partial charge in [0.05, 0.1) is 0 Å². The van der Waals surface area contributed by atoms with Crippen LogP contribution in [0.1, 0.15) is 12.0 Å². The van der Waals surface area contributed by atoms with Crippen molar-refractivity contribution in [1.29, 1.82) is 0 Å². The molecule has 0 unspecified atom stereocenters. The molecule has 0 aromatic heterocycles. The maximum atomic E-state index is 12.1. The van der Waals surface area contributed by atoms with E-state index in [1.165, 1.54) is 12.1 Å². The lowest BCUT2D eigenvalue weighted by Crippen LogP contribution is -2.40. The Kier molecular flexibility index (Phi) is 6.08. The molecule has 0 saturated carbocycles. The topological polar surface area (TPSA) is 70.6 Å². The van der Waals surface area contributed by atoms with Crippen LogP contribution in [0, 0.1) is 5.92 Å². The van der Waals surface area contributed by atoms with Crippen LogP contribution >= 0.6 is 0 Å². The van der Waals surface area contributed by atoms with Crippen LogP contribution in [-0.2, 0) is 6.54 Å². The molecule has 0 saturated heterocycles. The molecule has 5 nitrogen and oxygen atoms in total. The number of hydrogen-bond acceptors (Lipinski definition) is 3. The number of nitrogens with one attached hydrogen (secondary N) is 2. The zero-order valence-corrected chi connectivity index (χ0v) is 12.8. The first-order valence-electron chi connectivity index (χ1n) is 7.48. The summed E-state index contributed by atoms with van der Waals surface area (Å²) in [5.74, 6) is 0.148. The molecule has 0 radical (unpaired) electrons. The first kappa shape index (κ1) is 18.1. The number of alkyl halides is 3. The average molecular weight is 344 g/mol. The van der Waals surface area contributed by atoms with Gasteiger partial charge in [0.2, 0.25) is 0 Å². The monoisotopic (exact) mass is 344 g/mol. The maximum Gasteiger partial charge on any atom is 0.422 e. The van der Waals surface area contributed by atoms with E-state index in [1.807, 2.05) is 12.2 Å². The second-order valence-corrected chi connectivity index (χ2v) is 5.55. The maximum absolute atomic E-state index is 12.1. The molecular weight excluding hydrogens is 325 g/mol. The van der Waals surface area contributed by atoms with Gasteiger partial charge in [0.15, 0.2) is 6.61 Å². The van der Waals surface area contributed by atoms with Crippen LogP contribution < -0.4 is 15.4 Å². The van der Waals surface area contributed by atoms with Crippen LogP contribution in [0.2, 0.25) is 0 Å². The molecule has 1 aromatic carbocycles. The van der Waals surface area contributed by atoms with Gasteiger partial charge < -0.3 is 20.5 Å². The predicted octanol–water partition coefficient (Wildman–Crippen LogP) is 2.36. The van der Waals surface area contributed by atoms with E-state index in [0.29, 0.717) is 12.0 Å². The lowest BCUT2D eigenvalue weighted by Gasteiger charge is -2.14. The van der Waals surface area contributed by atoms with E-state index in [4.69, 9.17) is 5.11 Å². The molecule has 0 spiro atoms. The summed E-state index contributed by atoms with van der Waals surface area (Å²) in [4.78, 5) is 11.8. The van der Waals surface area contributed by atoms with Crippen molar-refractivity contribution in [2.45, 2.75) is 25.2 Å². The minimum Gasteiger partial charge on any atom is -0.484 e. The summed E-state index contributed by atoms with van der Waals surface area (Å²) in [6.07, 6.45) is -0.0709. The molecule has 0 bridgehead atoms. The lowest BCUT2D eigenvalue weighted by atomic mass is 10.1. The van der Waals surface area contributed by atoms with Crippen LogP contribution in [0.25, 0.3) is 0 Å². The van der Waals surface area contributed by atoms with Crippen molar-refractivity contribution in [3.05, 3.63) is 42.0 Å². The van der Waals surface area contributed by atoms with Crippen LogP contribution in [0.4, 0.5) is 18.0 Å². The third-order valence-corrected chi connectivity index (χ3v) is 3.48. The van der Waals surface area contributed by atoms with Gasteiger partial charge in [-0.05, 0) is 24.1 Å². The highest BCUT2D eigenvalue weighted by molar-refractivity contribution is 5.74. The molecule has 1 aliphatic rings. The Hall–Kier alpha value is -2.22. The van der Waals surface area contributed by atoms with Crippen molar-refractivity contribution < 1.29 is 27.8 Å². The first-order valence-corrected chi connectivity index (χ1v) is 7.48. The van der Waals surface area contributed by atoms with E-state index in [0.717, 1.165) is 0 Å². The number of ether oxygens (including phenoxy) is 1. The van der Waals surface area contributed by atoms with Crippen molar-refractivity contribution in [2.75, 3.05) is 13.2 Å². The van der Waals surface area contributed by atoms with Crippen molar-refractivity contribution in [3.63, 3.8) is 0 Å². The second kappa shape index (κ2) is 8.05. The minimum atomic E-state index is -4.39. The molecule has 24 heavy (non-hydrogen) atoms. The Morgan fingerprint density at radius 1 is 1.33 bits per heavy atom. The second-order valence-electron chi connectivity index (χ2n) is 5.55. The predicted molar refractivity (Wildman–Crippen MR) is 81.5 cm³/mol. The van der Waals surface area contributed by atoms with Crippen LogP contribution in [0.15, 0.2) is 36.4 Å². The lowest BCUT2D eigenvalue weighted by molar-refractivity contribution is -0.153. The van der Waals surface area contributed by atoms with Crippen molar-refractivity contribution in [3.8, 4) is 5.75 Å². The zero-order valence-electron chi connectivity index (χ0n) is 12.8. The van der Waals surface area contributed by atoms with E-state index >= 15 is 0 Å². The summed E-state index contributed by atoms with van der Waals surface area (Å²) < 4.78 is 41.1. The fraction of sp³-hybridized carbons (Fsp3) is 0.438. The quantitative estimate of drug-likeness (QED) is 0.694. The Balaban J connectivity index is 1.77. The molecule has 2 rings (SSSR count). The molecule has 1 aliphatic carbocycles. The van der Waals surface area contributed by atoms with E-state index in [-0.39, 0.29) is 36.9 Å². The first-order chi connectivity index (χ1) is 11.4. The molecule has 0 heterocycles. The van der Waals surface area contributed by atoms with Gasteiger partial charge >= 0.3 is 12.2 Å². The van der Waals surface area contributed by atoms with Gasteiger partial charge in [0.1, 0.15) is 5.75 Å². The van der Waals surface area contributed by atoms with Crippen LogP contribution in [-0.4, -0.2) is 36.6 Å². The van der Waals surface area contributed by atoms with Gasteiger partial charge in [0.25, 0.3) is 0 Å². The highest BCUT2D eigenvalue weighted by Crippen LogP contribution is 2.19. The van der Waals surface area contributed by atoms with Gasteiger partial charge in [-0.2, -0.15) is 13.2 Å². The van der Waals surface area contributed by atoms with Crippen molar-refractivity contribution in [2.24, 2.45) is 5.92 Å². The molecule has 0 aliphatic heterocycles. The molecule has 1 aromatic rings. The molecule has 3 N–H and O–H groups in total. The Labute approximate surface area is 137 Å². The fourth-order valence-electron chi connectivity index (χ4n) is 2.33. The summed E-state index contributed by atoms with van der Waals surface area (Å²) in [6, 6.07) is 5.59. The molecular formula is C16H19F3N2O3. The van der Waals surface area contributed by atoms with Gasteiger partial charge in [-0.3, -0.25) is 0 Å². The van der Waals surface area contributed by atoms with Crippen molar-refractivity contribution >= 4 is 6.03 Å². The Bertz CT molecular complexity index is 590. The normalized spacial score (nSPS) is 20.0. The number of aliphatic hydroxyl groups is 1. The number of carbonyl (C=O) groups excluding carboxylic acids is 1. The summed E-state index contributed by atoms with van der Waals surface area (Å²) >= 11 is 0. The third-order valence-electron chi connectivity index (χ3n) is 3.48. The number of hydrogen-bond donors (Lipinski definition) is 3. The molecule has 0 fully saturated rings. The number of benzene rings is 1. The zero-order chi connectivity index (χ0) is 17.6. The van der Waals surface area contributed by atoms with Gasteiger partial charge in [-0.15, -0.1) is 0 Å². The summed E-state index contributed by atoms with van der Waals surface area (Å²) in [5.41, 5.74) is 0.625. The molecule has 2 atom stereocenters. The minimum absolute atomic E-state index is 0.0427. The smallest absolute Gasteiger partial charge is 0.422 e. The number of halogens is 3. The number of rotatable bonds is 6. The highest BCUT2D eigenvalue weighted by Gasteiger charge is 2.28. The Morgan fingerprint density at radius 3 is 2.79 bits per heavy atom. The SMILES string of the molecule is O=C(NCc1cccc(OCC(F)(F)F)c1)N[C@@H]1C=C[C@H](CO)C1. The molecule has 132 valence electrons.